The first-order valence-electron chi connectivity index (χ1n) is 10.3. The maximum atomic E-state index is 12.8. The molecule has 0 aliphatic carbocycles. The molecule has 0 bridgehead atoms. The lowest BCUT2D eigenvalue weighted by Crippen LogP contribution is -2.26. The number of fused-ring (bicyclic) bond motifs is 3. The molecular weight excluding hydrogens is 398 g/mol. The number of nitrogens with zero attached hydrogens (tertiary/aromatic N) is 4. The molecular formula is C22H25N5O2S. The number of carbonyl (C=O) groups is 1. The molecule has 1 amide bonds. The third kappa shape index (κ3) is 3.87. The lowest BCUT2D eigenvalue weighted by atomic mass is 10.1. The fourth-order valence-electron chi connectivity index (χ4n) is 3.71. The first-order valence-corrected chi connectivity index (χ1v) is 11.2. The summed E-state index contributed by atoms with van der Waals surface area (Å²) in [7, 11) is 0. The second-order valence-electron chi connectivity index (χ2n) is 7.40. The number of rotatable bonds is 8. The summed E-state index contributed by atoms with van der Waals surface area (Å²) in [5.41, 5.74) is 1.92. The third-order valence-corrected chi connectivity index (χ3v) is 6.10. The highest BCUT2D eigenvalue weighted by atomic mass is 32.1. The summed E-state index contributed by atoms with van der Waals surface area (Å²) in [5, 5.41) is 13.6. The highest BCUT2D eigenvalue weighted by Crippen LogP contribution is 2.20. The van der Waals surface area contributed by atoms with Crippen molar-refractivity contribution in [2.45, 2.75) is 52.1 Å². The molecule has 1 atom stereocenters. The minimum atomic E-state index is -0.0264. The Morgan fingerprint density at radius 2 is 2.00 bits per heavy atom. The normalized spacial score (nSPS) is 12.5. The van der Waals surface area contributed by atoms with E-state index in [9.17, 15) is 9.59 Å². The number of aromatic nitrogens is 4. The molecule has 0 saturated heterocycles. The number of hydrogen-bond acceptors (Lipinski definition) is 5. The zero-order chi connectivity index (χ0) is 21.1. The fraction of sp³-hybridized carbons (Fsp3) is 0.364. The van der Waals surface area contributed by atoms with Crippen LogP contribution in [0.2, 0.25) is 0 Å². The molecule has 7 nitrogen and oxygen atoms in total. The monoisotopic (exact) mass is 423 g/mol. The lowest BCUT2D eigenvalue weighted by Gasteiger charge is -2.14. The van der Waals surface area contributed by atoms with E-state index in [2.05, 4.69) is 15.5 Å². The van der Waals surface area contributed by atoms with E-state index >= 15 is 0 Å². The number of aryl methyl sites for hydroxylation is 2. The summed E-state index contributed by atoms with van der Waals surface area (Å²) in [6.07, 6.45) is 2.53. The van der Waals surface area contributed by atoms with Crippen molar-refractivity contribution in [1.82, 2.24) is 24.5 Å². The first-order chi connectivity index (χ1) is 14.6. The van der Waals surface area contributed by atoms with Gasteiger partial charge in [-0.05, 0) is 36.8 Å². The molecule has 30 heavy (non-hydrogen) atoms. The van der Waals surface area contributed by atoms with Crippen molar-refractivity contribution in [2.24, 2.45) is 0 Å². The molecule has 0 fully saturated rings. The molecule has 1 unspecified atom stereocenters. The Balaban J connectivity index is 1.48. The van der Waals surface area contributed by atoms with Gasteiger partial charge in [0.15, 0.2) is 0 Å². The van der Waals surface area contributed by atoms with E-state index in [-0.39, 0.29) is 17.5 Å². The maximum Gasteiger partial charge on any atom is 0.272 e. The standard InChI is InChI=1S/C22H25N5O2S/c1-3-13-26-21(29)20-17(12-14-30-20)27-18(24-25-22(26)27)10-7-11-19(28)23-15(2)16-8-5-4-6-9-16/h4-6,8-9,12,14-15H,3,7,10-11,13H2,1-2H3,(H,23,28). The van der Waals surface area contributed by atoms with Crippen molar-refractivity contribution in [2.75, 3.05) is 0 Å². The van der Waals surface area contributed by atoms with Crippen molar-refractivity contribution >= 4 is 33.2 Å². The van der Waals surface area contributed by atoms with Crippen LogP contribution in [0.5, 0.6) is 0 Å². The van der Waals surface area contributed by atoms with E-state index in [1.807, 2.05) is 60.0 Å². The summed E-state index contributed by atoms with van der Waals surface area (Å²) in [5.74, 6) is 1.37. The van der Waals surface area contributed by atoms with Crippen molar-refractivity contribution < 1.29 is 4.79 Å². The molecule has 4 aromatic rings. The largest absolute Gasteiger partial charge is 0.350 e. The van der Waals surface area contributed by atoms with Gasteiger partial charge in [-0.3, -0.25) is 18.6 Å². The predicted molar refractivity (Wildman–Crippen MR) is 119 cm³/mol. The average molecular weight is 424 g/mol. The van der Waals surface area contributed by atoms with Crippen LogP contribution in [-0.2, 0) is 17.8 Å². The Labute approximate surface area is 178 Å². The van der Waals surface area contributed by atoms with Gasteiger partial charge in [-0.2, -0.15) is 0 Å². The molecule has 156 valence electrons. The maximum absolute atomic E-state index is 12.8. The zero-order valence-electron chi connectivity index (χ0n) is 17.2. The number of thiophene rings is 1. The van der Waals surface area contributed by atoms with Gasteiger partial charge in [-0.25, -0.2) is 0 Å². The molecule has 0 radical (unpaired) electrons. The van der Waals surface area contributed by atoms with E-state index in [1.165, 1.54) is 11.3 Å². The van der Waals surface area contributed by atoms with Gasteiger partial charge in [0.2, 0.25) is 11.7 Å². The van der Waals surface area contributed by atoms with Crippen LogP contribution in [0.25, 0.3) is 16.0 Å². The van der Waals surface area contributed by atoms with Crippen LogP contribution in [-0.4, -0.2) is 25.1 Å². The fourth-order valence-corrected chi connectivity index (χ4v) is 4.54. The van der Waals surface area contributed by atoms with Crippen LogP contribution < -0.4 is 10.9 Å². The van der Waals surface area contributed by atoms with Gasteiger partial charge in [0.05, 0.1) is 11.6 Å². The Bertz CT molecular complexity index is 1230. The number of nitrogens with one attached hydrogen (secondary N) is 1. The summed E-state index contributed by atoms with van der Waals surface area (Å²) in [6, 6.07) is 11.8. The summed E-state index contributed by atoms with van der Waals surface area (Å²) in [4.78, 5) is 25.1. The SMILES string of the molecule is CCCn1c(=O)c2sccc2n2c(CCCC(=O)NC(C)c3ccccc3)nnc12. The van der Waals surface area contributed by atoms with Gasteiger partial charge in [-0.15, -0.1) is 21.5 Å². The molecule has 8 heteroatoms. The average Bonchev–Trinajstić information content (AvgIpc) is 3.39. The van der Waals surface area contributed by atoms with E-state index in [1.54, 1.807) is 4.57 Å². The van der Waals surface area contributed by atoms with E-state index in [0.717, 1.165) is 23.3 Å². The minimum absolute atomic E-state index is 0.0115. The summed E-state index contributed by atoms with van der Waals surface area (Å²) in [6.45, 7) is 4.63. The van der Waals surface area contributed by atoms with Crippen LogP contribution in [0.3, 0.4) is 0 Å². The molecule has 0 saturated carbocycles. The van der Waals surface area contributed by atoms with Crippen molar-refractivity contribution in [1.29, 1.82) is 0 Å². The minimum Gasteiger partial charge on any atom is -0.350 e. The Hall–Kier alpha value is -3.00. The van der Waals surface area contributed by atoms with E-state index in [4.69, 9.17) is 0 Å². The predicted octanol–water partition coefficient (Wildman–Crippen LogP) is 3.72. The molecule has 1 aromatic carbocycles. The number of carbonyl (C=O) groups excluding carboxylic acids is 1. The number of hydrogen-bond donors (Lipinski definition) is 1. The van der Waals surface area contributed by atoms with E-state index < -0.39 is 0 Å². The van der Waals surface area contributed by atoms with Gasteiger partial charge in [0, 0.05) is 19.4 Å². The molecule has 3 heterocycles. The summed E-state index contributed by atoms with van der Waals surface area (Å²) >= 11 is 1.44. The van der Waals surface area contributed by atoms with Crippen molar-refractivity contribution in [3.05, 3.63) is 63.5 Å². The molecule has 3 aromatic heterocycles. The molecule has 0 spiro atoms. The van der Waals surface area contributed by atoms with Gasteiger partial charge in [0.1, 0.15) is 10.5 Å². The van der Waals surface area contributed by atoms with Crippen LogP contribution in [0, 0.1) is 0 Å². The first kappa shape index (κ1) is 20.3. The van der Waals surface area contributed by atoms with Crippen LogP contribution in [0.15, 0.2) is 46.6 Å². The number of benzene rings is 1. The van der Waals surface area contributed by atoms with Gasteiger partial charge >= 0.3 is 0 Å². The molecule has 0 aliphatic rings. The van der Waals surface area contributed by atoms with Gasteiger partial charge in [-0.1, -0.05) is 37.3 Å². The molecule has 1 N–H and O–H groups in total. The zero-order valence-corrected chi connectivity index (χ0v) is 18.0. The molecule has 0 aliphatic heterocycles. The second kappa shape index (κ2) is 8.79. The highest BCUT2D eigenvalue weighted by Gasteiger charge is 2.17. The molecule has 4 rings (SSSR count). The van der Waals surface area contributed by atoms with Gasteiger partial charge < -0.3 is 5.32 Å². The van der Waals surface area contributed by atoms with Crippen molar-refractivity contribution in [3.63, 3.8) is 0 Å². The smallest absolute Gasteiger partial charge is 0.272 e. The van der Waals surface area contributed by atoms with Crippen LogP contribution in [0.4, 0.5) is 0 Å². The third-order valence-electron chi connectivity index (χ3n) is 5.21. The Morgan fingerprint density at radius 3 is 2.77 bits per heavy atom. The van der Waals surface area contributed by atoms with Gasteiger partial charge in [0.25, 0.3) is 5.56 Å². The Kier molecular flexibility index (Phi) is 5.94. The second-order valence-corrected chi connectivity index (χ2v) is 8.31. The number of amides is 1. The Morgan fingerprint density at radius 1 is 1.20 bits per heavy atom. The van der Waals surface area contributed by atoms with Crippen LogP contribution >= 0.6 is 11.3 Å². The van der Waals surface area contributed by atoms with Crippen molar-refractivity contribution in [3.8, 4) is 0 Å². The van der Waals surface area contributed by atoms with E-state index in [0.29, 0.717) is 36.3 Å². The van der Waals surface area contributed by atoms with Crippen LogP contribution in [0.1, 0.15) is 50.5 Å². The topological polar surface area (TPSA) is 81.3 Å². The quantitative estimate of drug-likeness (QED) is 0.468. The summed E-state index contributed by atoms with van der Waals surface area (Å²) < 4.78 is 4.38. The highest BCUT2D eigenvalue weighted by molar-refractivity contribution is 7.17. The lowest BCUT2D eigenvalue weighted by molar-refractivity contribution is -0.121.